The Bertz CT molecular complexity index is 798. The Hall–Kier alpha value is -2.00. The van der Waals surface area contributed by atoms with Crippen molar-refractivity contribution in [2.45, 2.75) is 63.1 Å². The van der Waals surface area contributed by atoms with Crippen molar-refractivity contribution >= 4 is 15.8 Å². The molecule has 136 valence electrons. The summed E-state index contributed by atoms with van der Waals surface area (Å²) in [6, 6.07) is 3.44. The number of aromatic nitrogens is 4. The van der Waals surface area contributed by atoms with E-state index in [1.165, 1.54) is 6.20 Å². The van der Waals surface area contributed by atoms with Gasteiger partial charge < -0.3 is 5.32 Å². The molecule has 0 saturated carbocycles. The molecule has 0 aliphatic carbocycles. The first kappa shape index (κ1) is 17.8. The monoisotopic (exact) mass is 364 g/mol. The maximum atomic E-state index is 12.4. The normalized spacial score (nSPS) is 17.5. The van der Waals surface area contributed by atoms with Gasteiger partial charge in [-0.15, -0.1) is 0 Å². The molecule has 0 amide bonds. The summed E-state index contributed by atoms with van der Waals surface area (Å²) in [6.45, 7) is 4.66. The van der Waals surface area contributed by atoms with Gasteiger partial charge in [-0.05, 0) is 31.4 Å². The van der Waals surface area contributed by atoms with Gasteiger partial charge in [0, 0.05) is 24.7 Å². The molecule has 1 atom stereocenters. The van der Waals surface area contributed by atoms with E-state index in [0.29, 0.717) is 5.82 Å². The van der Waals surface area contributed by atoms with Gasteiger partial charge in [0.05, 0.1) is 6.54 Å². The minimum atomic E-state index is -3.53. The number of rotatable bonds is 7. The van der Waals surface area contributed by atoms with Gasteiger partial charge in [-0.2, -0.15) is 5.10 Å². The van der Waals surface area contributed by atoms with Gasteiger partial charge in [0.1, 0.15) is 22.9 Å². The summed E-state index contributed by atoms with van der Waals surface area (Å²) >= 11 is 0. The van der Waals surface area contributed by atoms with E-state index in [1.54, 1.807) is 18.5 Å². The smallest absolute Gasteiger partial charge is 0.242 e. The summed E-state index contributed by atoms with van der Waals surface area (Å²) in [5.74, 6) is 1.66. The molecule has 0 saturated heterocycles. The largest absolute Gasteiger partial charge is 0.365 e. The van der Waals surface area contributed by atoms with Crippen molar-refractivity contribution in [2.75, 3.05) is 5.32 Å². The van der Waals surface area contributed by atoms with Crippen LogP contribution in [-0.4, -0.2) is 40.2 Å². The second-order valence-corrected chi connectivity index (χ2v) is 7.97. The molecule has 0 aromatic carbocycles. The van der Waals surface area contributed by atoms with Crippen LogP contribution < -0.4 is 10.0 Å². The first-order valence-corrected chi connectivity index (χ1v) is 10.1. The zero-order valence-corrected chi connectivity index (χ0v) is 15.3. The fraction of sp³-hybridized carbons (Fsp3) is 0.562. The Morgan fingerprint density at radius 2 is 2.08 bits per heavy atom. The Labute approximate surface area is 148 Å². The first-order chi connectivity index (χ1) is 12.0. The van der Waals surface area contributed by atoms with E-state index in [1.807, 2.05) is 18.5 Å². The Kier molecular flexibility index (Phi) is 5.33. The first-order valence-electron chi connectivity index (χ1n) is 8.63. The van der Waals surface area contributed by atoms with Gasteiger partial charge in [0.2, 0.25) is 10.0 Å². The lowest BCUT2D eigenvalue weighted by Gasteiger charge is -2.24. The lowest BCUT2D eigenvalue weighted by molar-refractivity contribution is 0.440. The lowest BCUT2D eigenvalue weighted by atomic mass is 10.1. The quantitative estimate of drug-likeness (QED) is 0.773. The molecule has 3 rings (SSSR count). The van der Waals surface area contributed by atoms with Crippen molar-refractivity contribution in [3.63, 3.8) is 0 Å². The number of sulfonamides is 1. The van der Waals surface area contributed by atoms with Crippen molar-refractivity contribution in [3.05, 3.63) is 30.5 Å². The van der Waals surface area contributed by atoms with Crippen molar-refractivity contribution < 1.29 is 8.42 Å². The highest BCUT2D eigenvalue weighted by atomic mass is 32.2. The molecule has 1 unspecified atom stereocenters. The van der Waals surface area contributed by atoms with E-state index in [-0.39, 0.29) is 17.0 Å². The van der Waals surface area contributed by atoms with Crippen LogP contribution in [-0.2, 0) is 23.0 Å². The molecule has 2 aromatic rings. The second-order valence-electron chi connectivity index (χ2n) is 6.25. The van der Waals surface area contributed by atoms with Crippen LogP contribution in [0.1, 0.15) is 38.9 Å². The van der Waals surface area contributed by atoms with Crippen molar-refractivity contribution in [1.82, 2.24) is 24.5 Å². The molecular formula is C16H24N6O2S. The summed E-state index contributed by atoms with van der Waals surface area (Å²) in [4.78, 5) is 8.66. The standard InChI is InChI=1S/C16H24N6O2S/c1-3-12(4-2)21-25(23,24)14-6-7-15(17-9-14)20-13-5-8-16-18-11-19-22(16)10-13/h6-7,9,11-13,21H,3-5,8,10H2,1-2H3,(H,17,20). The maximum Gasteiger partial charge on any atom is 0.242 e. The van der Waals surface area contributed by atoms with Gasteiger partial charge in [-0.25, -0.2) is 27.8 Å². The maximum absolute atomic E-state index is 12.4. The fourth-order valence-electron chi connectivity index (χ4n) is 2.93. The van der Waals surface area contributed by atoms with Crippen molar-refractivity contribution in [1.29, 1.82) is 0 Å². The summed E-state index contributed by atoms with van der Waals surface area (Å²) < 4.78 is 29.4. The molecule has 3 heterocycles. The Balaban J connectivity index is 1.64. The average Bonchev–Trinajstić information content (AvgIpc) is 3.08. The van der Waals surface area contributed by atoms with Gasteiger partial charge >= 0.3 is 0 Å². The van der Waals surface area contributed by atoms with Gasteiger partial charge in [-0.1, -0.05) is 13.8 Å². The van der Waals surface area contributed by atoms with Crippen molar-refractivity contribution in [2.24, 2.45) is 0 Å². The third-order valence-corrected chi connectivity index (χ3v) is 6.02. The van der Waals surface area contributed by atoms with E-state index in [4.69, 9.17) is 0 Å². The van der Waals surface area contributed by atoms with Gasteiger partial charge in [0.25, 0.3) is 0 Å². The molecule has 1 aliphatic rings. The predicted molar refractivity (Wildman–Crippen MR) is 94.7 cm³/mol. The SMILES string of the molecule is CCC(CC)NS(=O)(=O)c1ccc(NC2CCc3ncnn3C2)nc1. The van der Waals surface area contributed by atoms with Crippen LogP contribution in [0.5, 0.6) is 0 Å². The predicted octanol–water partition coefficient (Wildman–Crippen LogP) is 1.57. The van der Waals surface area contributed by atoms with E-state index in [2.05, 4.69) is 25.1 Å². The van der Waals surface area contributed by atoms with Gasteiger partial charge in [-0.3, -0.25) is 0 Å². The number of aryl methyl sites for hydroxylation is 1. The molecule has 1 aliphatic heterocycles. The van der Waals surface area contributed by atoms with E-state index < -0.39 is 10.0 Å². The summed E-state index contributed by atoms with van der Waals surface area (Å²) in [5.41, 5.74) is 0. The number of hydrogen-bond acceptors (Lipinski definition) is 6. The van der Waals surface area contributed by atoms with Crippen LogP contribution in [0.25, 0.3) is 0 Å². The highest BCUT2D eigenvalue weighted by Gasteiger charge is 2.21. The molecule has 25 heavy (non-hydrogen) atoms. The third kappa shape index (κ3) is 4.16. The molecule has 0 spiro atoms. The van der Waals surface area contributed by atoms with E-state index in [9.17, 15) is 8.42 Å². The summed E-state index contributed by atoms with van der Waals surface area (Å²) in [5, 5.41) is 7.53. The third-order valence-electron chi connectivity index (χ3n) is 4.51. The summed E-state index contributed by atoms with van der Waals surface area (Å²) in [6.07, 6.45) is 6.29. The minimum absolute atomic E-state index is 0.0538. The highest BCUT2D eigenvalue weighted by molar-refractivity contribution is 7.89. The molecule has 2 N–H and O–H groups in total. The zero-order chi connectivity index (χ0) is 17.9. The second kappa shape index (κ2) is 7.49. The number of nitrogens with zero attached hydrogens (tertiary/aromatic N) is 4. The van der Waals surface area contributed by atoms with Gasteiger partial charge in [0.15, 0.2) is 0 Å². The molecular weight excluding hydrogens is 340 g/mol. The number of fused-ring (bicyclic) bond motifs is 1. The van der Waals surface area contributed by atoms with Crippen molar-refractivity contribution in [3.8, 4) is 0 Å². The highest BCUT2D eigenvalue weighted by Crippen LogP contribution is 2.17. The topological polar surface area (TPSA) is 102 Å². The van der Waals surface area contributed by atoms with Crippen LogP contribution in [0.3, 0.4) is 0 Å². The molecule has 0 radical (unpaired) electrons. The zero-order valence-electron chi connectivity index (χ0n) is 14.5. The number of nitrogens with one attached hydrogen (secondary N) is 2. The van der Waals surface area contributed by atoms with Crippen LogP contribution >= 0.6 is 0 Å². The average molecular weight is 364 g/mol. The van der Waals surface area contributed by atoms with Crippen LogP contribution in [0.4, 0.5) is 5.82 Å². The Morgan fingerprint density at radius 1 is 1.28 bits per heavy atom. The number of pyridine rings is 1. The number of hydrogen-bond donors (Lipinski definition) is 2. The molecule has 0 bridgehead atoms. The molecule has 9 heteroatoms. The molecule has 2 aromatic heterocycles. The fourth-order valence-corrected chi connectivity index (χ4v) is 4.28. The number of anilines is 1. The summed E-state index contributed by atoms with van der Waals surface area (Å²) in [7, 11) is -3.53. The van der Waals surface area contributed by atoms with E-state index in [0.717, 1.165) is 38.1 Å². The Morgan fingerprint density at radius 3 is 2.76 bits per heavy atom. The van der Waals surface area contributed by atoms with Crippen LogP contribution in [0, 0.1) is 0 Å². The molecule has 0 fully saturated rings. The lowest BCUT2D eigenvalue weighted by Crippen LogP contribution is -2.34. The van der Waals surface area contributed by atoms with E-state index >= 15 is 0 Å². The minimum Gasteiger partial charge on any atom is -0.365 e. The molecule has 8 nitrogen and oxygen atoms in total. The van der Waals surface area contributed by atoms with Crippen LogP contribution in [0.15, 0.2) is 29.6 Å². The van der Waals surface area contributed by atoms with Crippen LogP contribution in [0.2, 0.25) is 0 Å².